The van der Waals surface area contributed by atoms with E-state index in [0.717, 1.165) is 25.7 Å². The molecule has 3 N–H and O–H groups in total. The van der Waals surface area contributed by atoms with Crippen molar-refractivity contribution >= 4 is 0 Å². The predicted molar refractivity (Wildman–Crippen MR) is 93.5 cm³/mol. The molecule has 0 bridgehead atoms. The van der Waals surface area contributed by atoms with Crippen molar-refractivity contribution in [2.75, 3.05) is 0 Å². The summed E-state index contributed by atoms with van der Waals surface area (Å²) >= 11 is 0. The van der Waals surface area contributed by atoms with Crippen LogP contribution in [0.15, 0.2) is 0 Å². The average Bonchev–Trinajstić information content (AvgIpc) is 2.46. The van der Waals surface area contributed by atoms with Crippen molar-refractivity contribution in [3.8, 4) is 0 Å². The second kappa shape index (κ2) is 5.42. The molecule has 0 aromatic heterocycles. The Balaban J connectivity index is 1.98. The second-order valence-electron chi connectivity index (χ2n) is 10.1. The van der Waals surface area contributed by atoms with Crippen LogP contribution in [-0.2, 0) is 4.74 Å². The van der Waals surface area contributed by atoms with Crippen molar-refractivity contribution in [2.45, 2.75) is 103 Å². The van der Waals surface area contributed by atoms with Crippen molar-refractivity contribution in [3.63, 3.8) is 0 Å². The number of aliphatic hydroxyl groups is 3. The van der Waals surface area contributed by atoms with Crippen molar-refractivity contribution in [1.82, 2.24) is 0 Å². The van der Waals surface area contributed by atoms with Gasteiger partial charge in [-0.25, -0.2) is 0 Å². The van der Waals surface area contributed by atoms with Gasteiger partial charge < -0.3 is 20.1 Å². The largest absolute Gasteiger partial charge is 0.393 e. The van der Waals surface area contributed by atoms with E-state index in [1.54, 1.807) is 6.92 Å². The van der Waals surface area contributed by atoms with Crippen molar-refractivity contribution in [1.29, 1.82) is 0 Å². The Morgan fingerprint density at radius 3 is 2.12 bits per heavy atom. The summed E-state index contributed by atoms with van der Waals surface area (Å²) in [5.74, 6) is 0.677. The Morgan fingerprint density at radius 1 is 0.917 bits per heavy atom. The fraction of sp³-hybridized carbons (Fsp3) is 1.00. The summed E-state index contributed by atoms with van der Waals surface area (Å²) in [6, 6.07) is 0. The lowest BCUT2D eigenvalue weighted by Crippen LogP contribution is -2.69. The van der Waals surface area contributed by atoms with E-state index < -0.39 is 17.8 Å². The standard InChI is InChI=1S/C20H36O4/c1-12(21)20(6)16(23)11-14-18(4)9-8-15(22)17(2,3)13(18)7-10-19(14,5)24-20/h12-16,21-23H,7-11H2,1-6H3/t12-,13+,14-,15+,16-,18+,19-,20-/m0/s1. The highest BCUT2D eigenvalue weighted by atomic mass is 16.6. The maximum absolute atomic E-state index is 10.8. The molecule has 3 aliphatic rings. The molecule has 2 saturated carbocycles. The van der Waals surface area contributed by atoms with Gasteiger partial charge in [-0.15, -0.1) is 0 Å². The maximum Gasteiger partial charge on any atom is 0.117 e. The van der Waals surface area contributed by atoms with Gasteiger partial charge in [-0.1, -0.05) is 20.8 Å². The van der Waals surface area contributed by atoms with Crippen LogP contribution < -0.4 is 0 Å². The molecule has 0 aromatic carbocycles. The van der Waals surface area contributed by atoms with Crippen LogP contribution in [0.2, 0.25) is 0 Å². The number of aliphatic hydroxyl groups excluding tert-OH is 3. The van der Waals surface area contributed by atoms with E-state index in [4.69, 9.17) is 4.74 Å². The molecule has 4 nitrogen and oxygen atoms in total. The van der Waals surface area contributed by atoms with Gasteiger partial charge in [-0.2, -0.15) is 0 Å². The SMILES string of the molecule is C[C@H](O)[C@]1(C)O[C@@]2(C)CC[C@@H]3C(C)(C)[C@H](O)CC[C@@]3(C)[C@@H]2C[C@@H]1O. The molecule has 1 heterocycles. The first kappa shape index (κ1) is 18.6. The summed E-state index contributed by atoms with van der Waals surface area (Å²) in [4.78, 5) is 0. The summed E-state index contributed by atoms with van der Waals surface area (Å²) in [7, 11) is 0. The molecule has 8 atom stereocenters. The predicted octanol–water partition coefficient (Wildman–Crippen LogP) is 2.88. The zero-order valence-electron chi connectivity index (χ0n) is 16.2. The van der Waals surface area contributed by atoms with Gasteiger partial charge in [0.25, 0.3) is 0 Å². The van der Waals surface area contributed by atoms with Crippen molar-refractivity contribution in [2.24, 2.45) is 22.7 Å². The van der Waals surface area contributed by atoms with Crippen molar-refractivity contribution in [3.05, 3.63) is 0 Å². The second-order valence-corrected chi connectivity index (χ2v) is 10.1. The Kier molecular flexibility index (Phi) is 4.21. The summed E-state index contributed by atoms with van der Waals surface area (Å²) in [6.45, 7) is 12.5. The molecular formula is C20H36O4. The van der Waals surface area contributed by atoms with Gasteiger partial charge in [0.05, 0.1) is 23.9 Å². The maximum atomic E-state index is 10.8. The highest BCUT2D eigenvalue weighted by Gasteiger charge is 2.65. The van der Waals surface area contributed by atoms with Crippen LogP contribution in [0.3, 0.4) is 0 Å². The Morgan fingerprint density at radius 2 is 1.54 bits per heavy atom. The molecule has 2 aliphatic carbocycles. The van der Waals surface area contributed by atoms with Gasteiger partial charge in [0.1, 0.15) is 5.60 Å². The van der Waals surface area contributed by atoms with E-state index in [1.807, 2.05) is 6.92 Å². The van der Waals surface area contributed by atoms with Crippen LogP contribution in [0.1, 0.15) is 73.6 Å². The fourth-order valence-electron chi connectivity index (χ4n) is 6.53. The van der Waals surface area contributed by atoms with E-state index in [1.165, 1.54) is 0 Å². The molecule has 3 rings (SSSR count). The van der Waals surface area contributed by atoms with Gasteiger partial charge in [0.15, 0.2) is 0 Å². The number of ether oxygens (including phenoxy) is 1. The number of rotatable bonds is 1. The molecule has 140 valence electrons. The van der Waals surface area contributed by atoms with Gasteiger partial charge >= 0.3 is 0 Å². The summed E-state index contributed by atoms with van der Waals surface area (Å²) in [6.07, 6.45) is 2.78. The van der Waals surface area contributed by atoms with E-state index in [0.29, 0.717) is 12.3 Å². The van der Waals surface area contributed by atoms with E-state index in [9.17, 15) is 15.3 Å². The molecule has 0 radical (unpaired) electrons. The Bertz CT molecular complexity index is 504. The van der Waals surface area contributed by atoms with Crippen LogP contribution in [0.4, 0.5) is 0 Å². The molecular weight excluding hydrogens is 304 g/mol. The van der Waals surface area contributed by atoms with Gasteiger partial charge in [0.2, 0.25) is 0 Å². The van der Waals surface area contributed by atoms with Crippen LogP contribution in [0.5, 0.6) is 0 Å². The smallest absolute Gasteiger partial charge is 0.117 e. The van der Waals surface area contributed by atoms with E-state index in [-0.39, 0.29) is 28.5 Å². The van der Waals surface area contributed by atoms with E-state index in [2.05, 4.69) is 27.7 Å². The lowest BCUT2D eigenvalue weighted by atomic mass is 9.43. The molecule has 3 fully saturated rings. The van der Waals surface area contributed by atoms with Crippen molar-refractivity contribution < 1.29 is 20.1 Å². The minimum absolute atomic E-state index is 0.0523. The molecule has 24 heavy (non-hydrogen) atoms. The first-order valence-corrected chi connectivity index (χ1v) is 9.62. The topological polar surface area (TPSA) is 69.9 Å². The van der Waals surface area contributed by atoms with Crippen LogP contribution >= 0.6 is 0 Å². The van der Waals surface area contributed by atoms with Crippen LogP contribution in [-0.4, -0.2) is 44.8 Å². The molecule has 4 heteroatoms. The Hall–Kier alpha value is -0.160. The monoisotopic (exact) mass is 340 g/mol. The van der Waals surface area contributed by atoms with Gasteiger partial charge in [-0.3, -0.25) is 0 Å². The zero-order chi connectivity index (χ0) is 18.1. The number of fused-ring (bicyclic) bond motifs is 3. The van der Waals surface area contributed by atoms with Gasteiger partial charge in [-0.05, 0) is 75.5 Å². The normalized spacial score (nSPS) is 55.4. The molecule has 1 saturated heterocycles. The first-order chi connectivity index (χ1) is 10.9. The summed E-state index contributed by atoms with van der Waals surface area (Å²) in [5.41, 5.74) is -1.28. The number of hydrogen-bond donors (Lipinski definition) is 3. The third-order valence-corrected chi connectivity index (χ3v) is 8.38. The molecule has 0 aromatic rings. The van der Waals surface area contributed by atoms with Gasteiger partial charge in [0, 0.05) is 0 Å². The van der Waals surface area contributed by atoms with E-state index >= 15 is 0 Å². The highest BCUT2D eigenvalue weighted by molar-refractivity contribution is 5.14. The third kappa shape index (κ3) is 2.33. The molecule has 0 amide bonds. The molecule has 0 spiro atoms. The third-order valence-electron chi connectivity index (χ3n) is 8.38. The van der Waals surface area contributed by atoms with Crippen LogP contribution in [0.25, 0.3) is 0 Å². The summed E-state index contributed by atoms with van der Waals surface area (Å²) < 4.78 is 6.49. The quantitative estimate of drug-likeness (QED) is 0.686. The minimum Gasteiger partial charge on any atom is -0.393 e. The number of hydrogen-bond acceptors (Lipinski definition) is 4. The molecule has 1 aliphatic heterocycles. The average molecular weight is 341 g/mol. The lowest BCUT2D eigenvalue weighted by Gasteiger charge is -2.67. The first-order valence-electron chi connectivity index (χ1n) is 9.62. The van der Waals surface area contributed by atoms with Crippen LogP contribution in [0, 0.1) is 22.7 Å². The highest BCUT2D eigenvalue weighted by Crippen LogP contribution is 2.65. The molecule has 0 unspecified atom stereocenters. The fourth-order valence-corrected chi connectivity index (χ4v) is 6.53. The summed E-state index contributed by atoms with van der Waals surface area (Å²) in [5, 5.41) is 31.6. The lowest BCUT2D eigenvalue weighted by molar-refractivity contribution is -0.318. The minimum atomic E-state index is -0.905. The zero-order valence-corrected chi connectivity index (χ0v) is 16.2. The Labute approximate surface area is 146 Å².